The van der Waals surface area contributed by atoms with Crippen molar-refractivity contribution in [3.8, 4) is 28.4 Å². The zero-order chi connectivity index (χ0) is 27.4. The number of aromatic amines is 2. The minimum atomic E-state index is -0.504. The van der Waals surface area contributed by atoms with Gasteiger partial charge in [-0.05, 0) is 87.3 Å². The Morgan fingerprint density at radius 2 is 1.82 bits per heavy atom. The highest BCUT2D eigenvalue weighted by molar-refractivity contribution is 5.95. The molecule has 40 heavy (non-hydrogen) atoms. The van der Waals surface area contributed by atoms with Crippen LogP contribution < -0.4 is 4.74 Å². The monoisotopic (exact) mass is 540 g/mol. The van der Waals surface area contributed by atoms with Crippen LogP contribution in [-0.4, -0.2) is 49.0 Å². The number of hydrogen-bond donors (Lipinski definition) is 2. The highest BCUT2D eigenvalue weighted by Crippen LogP contribution is 2.38. The van der Waals surface area contributed by atoms with Gasteiger partial charge in [-0.1, -0.05) is 6.07 Å². The zero-order valence-corrected chi connectivity index (χ0v) is 22.5. The van der Waals surface area contributed by atoms with Gasteiger partial charge < -0.3 is 4.74 Å². The van der Waals surface area contributed by atoms with Crippen LogP contribution in [0.15, 0.2) is 54.6 Å². The highest BCUT2D eigenvalue weighted by Gasteiger charge is 2.30. The Morgan fingerprint density at radius 1 is 1.00 bits per heavy atom. The molecule has 204 valence electrons. The Labute approximate surface area is 230 Å². The first-order valence-corrected chi connectivity index (χ1v) is 13.7. The maximum atomic E-state index is 14.2. The lowest BCUT2D eigenvalue weighted by atomic mass is 9.96. The number of nitrogens with zero attached hydrogens (tertiary/aromatic N) is 4. The molecule has 0 bridgehead atoms. The second kappa shape index (κ2) is 9.52. The van der Waals surface area contributed by atoms with Crippen LogP contribution in [0.1, 0.15) is 49.6 Å². The topological polar surface area (TPSA) is 82.7 Å². The number of likely N-dealkylation sites (tertiary alicyclic amines) is 1. The molecule has 0 radical (unpaired) electrons. The molecule has 4 heterocycles. The quantitative estimate of drug-likeness (QED) is 0.270. The molecule has 7 rings (SSSR count). The van der Waals surface area contributed by atoms with E-state index in [1.165, 1.54) is 23.8 Å². The summed E-state index contributed by atoms with van der Waals surface area (Å²) in [6, 6.07) is 16.3. The van der Waals surface area contributed by atoms with Crippen LogP contribution in [0.25, 0.3) is 33.5 Å². The van der Waals surface area contributed by atoms with E-state index in [2.05, 4.69) is 57.3 Å². The molecule has 0 spiro atoms. The number of nitrogens with one attached hydrogen (secondary N) is 2. The molecular formula is C31H30F2N6O. The molecule has 0 amide bonds. The molecule has 0 unspecified atom stereocenters. The first-order chi connectivity index (χ1) is 19.3. The van der Waals surface area contributed by atoms with Crippen LogP contribution >= 0.6 is 0 Å². The number of hydrogen-bond acceptors (Lipinski definition) is 5. The van der Waals surface area contributed by atoms with Gasteiger partial charge >= 0.3 is 0 Å². The maximum Gasteiger partial charge on any atom is 0.181 e. The molecular weight excluding hydrogens is 510 g/mol. The van der Waals surface area contributed by atoms with E-state index in [0.717, 1.165) is 65.1 Å². The molecule has 5 aromatic rings. The van der Waals surface area contributed by atoms with Crippen molar-refractivity contribution in [3.05, 3.63) is 83.2 Å². The Kier molecular flexibility index (Phi) is 5.92. The van der Waals surface area contributed by atoms with Gasteiger partial charge in [0.05, 0.1) is 11.2 Å². The summed E-state index contributed by atoms with van der Waals surface area (Å²) in [6.07, 6.45) is 2.72. The van der Waals surface area contributed by atoms with Crippen LogP contribution in [0.5, 0.6) is 5.75 Å². The molecule has 0 saturated carbocycles. The summed E-state index contributed by atoms with van der Waals surface area (Å²) in [5, 5.41) is 16.4. The summed E-state index contributed by atoms with van der Waals surface area (Å²) in [7, 11) is 0. The number of fused-ring (bicyclic) bond motifs is 2. The van der Waals surface area contributed by atoms with E-state index in [-0.39, 0.29) is 23.6 Å². The largest absolute Gasteiger partial charge is 0.487 e. The predicted molar refractivity (Wildman–Crippen MR) is 149 cm³/mol. The Hall–Kier alpha value is -4.11. The van der Waals surface area contributed by atoms with Crippen LogP contribution in [-0.2, 0) is 13.0 Å². The molecule has 1 atom stereocenters. The van der Waals surface area contributed by atoms with E-state index in [9.17, 15) is 8.78 Å². The van der Waals surface area contributed by atoms with E-state index < -0.39 is 11.6 Å². The second-order valence-electron chi connectivity index (χ2n) is 11.5. The number of piperidine rings is 1. The van der Waals surface area contributed by atoms with Crippen LogP contribution in [0.4, 0.5) is 8.78 Å². The first-order valence-electron chi connectivity index (χ1n) is 13.7. The van der Waals surface area contributed by atoms with Gasteiger partial charge in [-0.3, -0.25) is 15.1 Å². The summed E-state index contributed by atoms with van der Waals surface area (Å²) >= 11 is 0. The van der Waals surface area contributed by atoms with Gasteiger partial charge in [-0.15, -0.1) is 0 Å². The molecule has 2 aromatic heterocycles. The minimum Gasteiger partial charge on any atom is -0.487 e. The lowest BCUT2D eigenvalue weighted by Crippen LogP contribution is -2.34. The average molecular weight is 541 g/mol. The number of aromatic nitrogens is 5. The van der Waals surface area contributed by atoms with E-state index in [1.54, 1.807) is 0 Å². The molecule has 7 nitrogen and oxygen atoms in total. The van der Waals surface area contributed by atoms with Crippen molar-refractivity contribution >= 4 is 10.9 Å². The summed E-state index contributed by atoms with van der Waals surface area (Å²) in [5.41, 5.74) is 4.85. The Balaban J connectivity index is 1.13. The van der Waals surface area contributed by atoms with Crippen molar-refractivity contribution in [2.45, 2.75) is 51.2 Å². The van der Waals surface area contributed by atoms with Gasteiger partial charge in [0.25, 0.3) is 0 Å². The van der Waals surface area contributed by atoms with Crippen LogP contribution in [0.3, 0.4) is 0 Å². The fourth-order valence-electron chi connectivity index (χ4n) is 6.05. The van der Waals surface area contributed by atoms with E-state index in [1.807, 2.05) is 18.2 Å². The third-order valence-electron chi connectivity index (χ3n) is 8.00. The van der Waals surface area contributed by atoms with Crippen molar-refractivity contribution < 1.29 is 13.5 Å². The number of rotatable bonds is 5. The fourth-order valence-corrected chi connectivity index (χ4v) is 6.05. The van der Waals surface area contributed by atoms with Gasteiger partial charge in [0, 0.05) is 47.5 Å². The summed E-state index contributed by atoms with van der Waals surface area (Å²) in [6.45, 7) is 5.88. The summed E-state index contributed by atoms with van der Waals surface area (Å²) in [4.78, 5) is 6.94. The number of benzene rings is 3. The first kappa shape index (κ1) is 24.9. The van der Waals surface area contributed by atoms with Gasteiger partial charge in [0.15, 0.2) is 5.82 Å². The standard InChI is InChI=1S/C31H30F2N6O/c1-31(2)15-21-13-18(9-11-27(21)40-31)28-22-14-19(8-10-26(22)35-36-28)29-34-30(38-37-29)20-5-4-12-39(16-20)17-23-24(32)6-3-7-25(23)33/h3,6-11,13-14,20H,4-5,12,15-17H2,1-2H3,(H,35,36)(H,34,37,38)/t20-/m1/s1. The third kappa shape index (κ3) is 4.54. The van der Waals surface area contributed by atoms with Gasteiger partial charge in [-0.25, -0.2) is 13.8 Å². The Morgan fingerprint density at radius 3 is 2.67 bits per heavy atom. The third-order valence-corrected chi connectivity index (χ3v) is 8.00. The molecule has 2 aliphatic rings. The van der Waals surface area contributed by atoms with Gasteiger partial charge in [0.1, 0.15) is 28.8 Å². The highest BCUT2D eigenvalue weighted by atomic mass is 19.1. The minimum absolute atomic E-state index is 0.107. The fraction of sp³-hybridized carbons (Fsp3) is 0.323. The van der Waals surface area contributed by atoms with Gasteiger partial charge in [0.2, 0.25) is 0 Å². The van der Waals surface area contributed by atoms with Crippen molar-refractivity contribution in [2.24, 2.45) is 0 Å². The summed E-state index contributed by atoms with van der Waals surface area (Å²) in [5.74, 6) is 1.44. The maximum absolute atomic E-state index is 14.2. The Bertz CT molecular complexity index is 1700. The SMILES string of the molecule is CC1(C)Cc2cc(-c3n[nH]c4ccc(-c5n[nH]c([C@@H]6CCCN(Cc7c(F)cccc7F)C6)n5)cc34)ccc2O1. The summed E-state index contributed by atoms with van der Waals surface area (Å²) < 4.78 is 34.5. The van der Waals surface area contributed by atoms with Gasteiger partial charge in [-0.2, -0.15) is 10.2 Å². The van der Waals surface area contributed by atoms with E-state index in [4.69, 9.17) is 9.72 Å². The molecule has 3 aromatic carbocycles. The molecule has 1 saturated heterocycles. The van der Waals surface area contributed by atoms with E-state index in [0.29, 0.717) is 12.4 Å². The number of ether oxygens (including phenoxy) is 1. The van der Waals surface area contributed by atoms with Crippen LogP contribution in [0, 0.1) is 11.6 Å². The lowest BCUT2D eigenvalue weighted by molar-refractivity contribution is 0.138. The van der Waals surface area contributed by atoms with Crippen molar-refractivity contribution in [3.63, 3.8) is 0 Å². The molecule has 0 aliphatic carbocycles. The number of halogens is 2. The molecule has 9 heteroatoms. The van der Waals surface area contributed by atoms with Crippen molar-refractivity contribution in [1.82, 2.24) is 30.3 Å². The van der Waals surface area contributed by atoms with Crippen LogP contribution in [0.2, 0.25) is 0 Å². The average Bonchev–Trinajstić information content (AvgIpc) is 3.66. The number of H-pyrrole nitrogens is 2. The lowest BCUT2D eigenvalue weighted by Gasteiger charge is -2.31. The molecule has 2 aliphatic heterocycles. The van der Waals surface area contributed by atoms with Crippen molar-refractivity contribution in [2.75, 3.05) is 13.1 Å². The second-order valence-corrected chi connectivity index (χ2v) is 11.5. The predicted octanol–water partition coefficient (Wildman–Crippen LogP) is 6.39. The normalized spacial score (nSPS) is 18.6. The molecule has 1 fully saturated rings. The van der Waals surface area contributed by atoms with E-state index >= 15 is 0 Å². The zero-order valence-electron chi connectivity index (χ0n) is 22.5. The molecule has 2 N–H and O–H groups in total. The van der Waals surface area contributed by atoms with Crippen molar-refractivity contribution in [1.29, 1.82) is 0 Å². The smallest absolute Gasteiger partial charge is 0.181 e.